The number of hydrogen-bond acceptors (Lipinski definition) is 2. The zero-order valence-electron chi connectivity index (χ0n) is 6.29. The van der Waals surface area contributed by atoms with Gasteiger partial charge in [-0.1, -0.05) is 18.2 Å². The van der Waals surface area contributed by atoms with E-state index in [1.54, 1.807) is 24.3 Å². The molecule has 0 aliphatic rings. The molecular formula is C9H7IO2. The average Bonchev–Trinajstić information content (AvgIpc) is 2.05. The Hall–Kier alpha value is -0.890. The summed E-state index contributed by atoms with van der Waals surface area (Å²) in [5.74, 6) is 2.43. The highest BCUT2D eigenvalue weighted by Crippen LogP contribution is 2.21. The van der Waals surface area contributed by atoms with Crippen LogP contribution in [0.1, 0.15) is 5.56 Å². The van der Waals surface area contributed by atoms with Gasteiger partial charge in [-0.25, -0.2) is 6.14 Å². The van der Waals surface area contributed by atoms with Crippen LogP contribution in [0.2, 0.25) is 0 Å². The van der Waals surface area contributed by atoms with E-state index in [0.29, 0.717) is 9.99 Å². The lowest BCUT2D eigenvalue weighted by molar-refractivity contribution is 0.610. The monoisotopic (exact) mass is 274 g/mol. The molecule has 3 heteroatoms. The van der Waals surface area contributed by atoms with Gasteiger partial charge in [0.25, 0.3) is 0 Å². The van der Waals surface area contributed by atoms with Gasteiger partial charge >= 0.3 is 19.8 Å². The van der Waals surface area contributed by atoms with Crippen molar-refractivity contribution in [2.45, 2.75) is 6.42 Å². The summed E-state index contributed by atoms with van der Waals surface area (Å²) < 4.78 is 21.9. The number of hydrogen-bond donors (Lipinski definition) is 0. The summed E-state index contributed by atoms with van der Waals surface area (Å²) in [7, 11) is 0. The molecule has 62 valence electrons. The van der Waals surface area contributed by atoms with Gasteiger partial charge in [0.15, 0.2) is 0 Å². The molecule has 0 saturated heterocycles. The molecular weight excluding hydrogens is 267 g/mol. The second kappa shape index (κ2) is 4.21. The molecule has 0 radical (unpaired) electrons. The van der Waals surface area contributed by atoms with Crippen molar-refractivity contribution in [1.82, 2.24) is 0 Å². The largest absolute Gasteiger partial charge is 0.341 e. The Balaban J connectivity index is 3.19. The Morgan fingerprint density at radius 3 is 2.58 bits per heavy atom. The molecule has 0 spiro atoms. The van der Waals surface area contributed by atoms with Crippen LogP contribution in [-0.4, -0.2) is 0 Å². The van der Waals surface area contributed by atoms with E-state index in [4.69, 9.17) is 6.42 Å². The van der Waals surface area contributed by atoms with Crippen LogP contribution in [0.15, 0.2) is 24.3 Å². The van der Waals surface area contributed by atoms with Gasteiger partial charge in [0.2, 0.25) is 0 Å². The number of rotatable bonds is 2. The molecule has 1 aromatic rings. The minimum absolute atomic E-state index is 0.384. The van der Waals surface area contributed by atoms with Gasteiger partial charge in [0.05, 0.1) is 3.57 Å². The van der Waals surface area contributed by atoms with Gasteiger partial charge in [-0.3, -0.25) is 0 Å². The van der Waals surface area contributed by atoms with Crippen LogP contribution in [0, 0.1) is 15.9 Å². The van der Waals surface area contributed by atoms with Crippen LogP contribution in [0.5, 0.6) is 0 Å². The normalized spacial score (nSPS) is 9.67. The highest BCUT2D eigenvalue weighted by Gasteiger charge is 2.03. The number of benzene rings is 1. The van der Waals surface area contributed by atoms with E-state index in [9.17, 15) is 6.14 Å². The molecule has 0 heterocycles. The topological polar surface area (TPSA) is 34.1 Å². The van der Waals surface area contributed by atoms with Crippen molar-refractivity contribution in [3.8, 4) is 12.3 Å². The lowest BCUT2D eigenvalue weighted by atomic mass is 10.2. The van der Waals surface area contributed by atoms with Gasteiger partial charge in [-0.05, 0) is 11.6 Å². The van der Waals surface area contributed by atoms with Crippen molar-refractivity contribution in [2.75, 3.05) is 0 Å². The number of halogens is 1. The SMILES string of the molecule is C#CCc1ccccc1I(=O)=O. The Labute approximate surface area is 78.1 Å². The van der Waals surface area contributed by atoms with Crippen molar-refractivity contribution in [1.29, 1.82) is 0 Å². The first kappa shape index (κ1) is 9.20. The predicted octanol–water partition coefficient (Wildman–Crippen LogP) is 2.23. The zero-order chi connectivity index (χ0) is 8.97. The maximum atomic E-state index is 10.8. The summed E-state index contributed by atoms with van der Waals surface area (Å²) in [6.45, 7) is 0. The van der Waals surface area contributed by atoms with Crippen LogP contribution in [0.3, 0.4) is 0 Å². The molecule has 0 aromatic heterocycles. The minimum Gasteiger partial charge on any atom is -0.230 e. The minimum atomic E-state index is -3.36. The molecule has 1 rings (SSSR count). The maximum absolute atomic E-state index is 10.8. The molecule has 1 aromatic carbocycles. The third-order valence-electron chi connectivity index (χ3n) is 1.42. The van der Waals surface area contributed by atoms with E-state index in [2.05, 4.69) is 5.92 Å². The lowest BCUT2D eigenvalue weighted by Crippen LogP contribution is -1.86. The molecule has 0 amide bonds. The fourth-order valence-electron chi connectivity index (χ4n) is 0.902. The summed E-state index contributed by atoms with van der Waals surface area (Å²) in [6, 6.07) is 6.83. The molecule has 0 atom stereocenters. The van der Waals surface area contributed by atoms with Crippen LogP contribution in [0.4, 0.5) is 0 Å². The van der Waals surface area contributed by atoms with Crippen LogP contribution in [-0.2, 0) is 12.6 Å². The molecule has 0 bridgehead atoms. The van der Waals surface area contributed by atoms with Crippen LogP contribution in [0.25, 0.3) is 0 Å². The van der Waals surface area contributed by atoms with E-state index >= 15 is 0 Å². The van der Waals surface area contributed by atoms with E-state index in [-0.39, 0.29) is 0 Å². The molecule has 0 aliphatic heterocycles. The van der Waals surface area contributed by atoms with E-state index in [0.717, 1.165) is 5.56 Å². The smallest absolute Gasteiger partial charge is 0.230 e. The summed E-state index contributed by atoms with van der Waals surface area (Å²) in [5, 5.41) is 0. The lowest BCUT2D eigenvalue weighted by Gasteiger charge is -1.96. The molecule has 0 unspecified atom stereocenters. The van der Waals surface area contributed by atoms with Gasteiger partial charge in [0, 0.05) is 6.42 Å². The molecule has 0 fully saturated rings. The summed E-state index contributed by atoms with van der Waals surface area (Å²) in [5.41, 5.74) is 0.732. The Bertz CT molecular complexity index is 378. The highest BCUT2D eigenvalue weighted by atomic mass is 127. The van der Waals surface area contributed by atoms with Crippen LogP contribution < -0.4 is 0 Å². The van der Waals surface area contributed by atoms with Gasteiger partial charge < -0.3 is 0 Å². The summed E-state index contributed by atoms with van der Waals surface area (Å²) >= 11 is -3.36. The fourth-order valence-corrected chi connectivity index (χ4v) is 2.34. The number of terminal acetylenes is 1. The third kappa shape index (κ3) is 2.05. The summed E-state index contributed by atoms with van der Waals surface area (Å²) in [4.78, 5) is 0. The Morgan fingerprint density at radius 1 is 1.33 bits per heavy atom. The average molecular weight is 274 g/mol. The first-order valence-electron chi connectivity index (χ1n) is 3.32. The maximum Gasteiger partial charge on any atom is 0.341 e. The predicted molar refractivity (Wildman–Crippen MR) is 53.1 cm³/mol. The second-order valence-corrected chi connectivity index (χ2v) is 4.59. The van der Waals surface area contributed by atoms with Crippen molar-refractivity contribution in [2.24, 2.45) is 0 Å². The van der Waals surface area contributed by atoms with Crippen molar-refractivity contribution in [3.63, 3.8) is 0 Å². The fraction of sp³-hybridized carbons (Fsp3) is 0.111. The van der Waals surface area contributed by atoms with E-state index < -0.39 is 19.8 Å². The quantitative estimate of drug-likeness (QED) is 0.612. The molecule has 12 heavy (non-hydrogen) atoms. The third-order valence-corrected chi connectivity index (χ3v) is 3.42. The van der Waals surface area contributed by atoms with Crippen LogP contribution >= 0.6 is 19.8 Å². The zero-order valence-corrected chi connectivity index (χ0v) is 8.45. The van der Waals surface area contributed by atoms with Gasteiger partial charge in [-0.2, -0.15) is 0 Å². The molecule has 0 saturated carbocycles. The molecule has 0 aliphatic carbocycles. The standard InChI is InChI=1S/C9H7IO2/c1-2-5-8-6-3-4-7-9(8)10(11)12/h1,3-4,6-7H,5H2. The van der Waals surface area contributed by atoms with Crippen molar-refractivity contribution in [3.05, 3.63) is 33.4 Å². The molecule has 2 nitrogen and oxygen atoms in total. The Morgan fingerprint density at radius 2 is 2.00 bits per heavy atom. The second-order valence-electron chi connectivity index (χ2n) is 2.19. The summed E-state index contributed by atoms with van der Waals surface area (Å²) in [6.07, 6.45) is 5.48. The first-order valence-corrected chi connectivity index (χ1v) is 6.16. The molecule has 0 N–H and O–H groups in total. The van der Waals surface area contributed by atoms with E-state index in [1.165, 1.54) is 0 Å². The van der Waals surface area contributed by atoms with Gasteiger partial charge in [-0.15, -0.1) is 12.3 Å². The van der Waals surface area contributed by atoms with Gasteiger partial charge in [0.1, 0.15) is 0 Å². The highest BCUT2D eigenvalue weighted by molar-refractivity contribution is 14.2. The van der Waals surface area contributed by atoms with Crippen molar-refractivity contribution < 1.29 is 6.14 Å². The first-order chi connectivity index (χ1) is 5.75. The van der Waals surface area contributed by atoms with E-state index in [1.807, 2.05) is 0 Å². The van der Waals surface area contributed by atoms with Crippen molar-refractivity contribution >= 4 is 19.8 Å². The Kier molecular flexibility index (Phi) is 3.23.